The lowest BCUT2D eigenvalue weighted by atomic mass is 10.0. The lowest BCUT2D eigenvalue weighted by Gasteiger charge is -2.47. The molecule has 2 aliphatic heterocycles. The van der Waals surface area contributed by atoms with Crippen LogP contribution in [0.15, 0.2) is 18.2 Å². The van der Waals surface area contributed by atoms with Crippen LogP contribution in [0.1, 0.15) is 16.7 Å². The van der Waals surface area contributed by atoms with Gasteiger partial charge in [0.2, 0.25) is 0 Å². The van der Waals surface area contributed by atoms with Crippen molar-refractivity contribution in [2.75, 3.05) is 27.3 Å². The molecule has 1 N–H and O–H groups in total. The van der Waals surface area contributed by atoms with Crippen LogP contribution in [0.4, 0.5) is 0 Å². The summed E-state index contributed by atoms with van der Waals surface area (Å²) in [5, 5.41) is 3.37. The molecule has 18 heavy (non-hydrogen) atoms. The molecule has 0 saturated carbocycles. The number of likely N-dealkylation sites (tertiary alicyclic amines) is 1. The molecule has 0 atom stereocenters. The van der Waals surface area contributed by atoms with Crippen molar-refractivity contribution in [1.29, 1.82) is 0 Å². The second-order valence-electron chi connectivity index (χ2n) is 5.17. The Labute approximate surface area is 108 Å². The van der Waals surface area contributed by atoms with Gasteiger partial charge in [0.1, 0.15) is 0 Å². The van der Waals surface area contributed by atoms with Gasteiger partial charge in [-0.15, -0.1) is 0 Å². The van der Waals surface area contributed by atoms with E-state index in [1.54, 1.807) is 14.2 Å². The van der Waals surface area contributed by atoms with Crippen molar-refractivity contribution in [2.24, 2.45) is 0 Å². The normalized spacial score (nSPS) is 21.7. The van der Waals surface area contributed by atoms with Gasteiger partial charge in [-0.3, -0.25) is 4.90 Å². The Morgan fingerprint density at radius 2 is 1.89 bits per heavy atom. The van der Waals surface area contributed by atoms with E-state index in [-0.39, 0.29) is 5.79 Å². The van der Waals surface area contributed by atoms with Gasteiger partial charge in [-0.05, 0) is 16.7 Å². The van der Waals surface area contributed by atoms with Crippen LogP contribution in [0.3, 0.4) is 0 Å². The molecular weight excluding hydrogens is 228 g/mol. The summed E-state index contributed by atoms with van der Waals surface area (Å²) in [4.78, 5) is 2.34. The number of hydrogen-bond donors (Lipinski definition) is 1. The molecule has 0 aromatic heterocycles. The molecule has 1 saturated heterocycles. The molecule has 1 aromatic rings. The van der Waals surface area contributed by atoms with Crippen molar-refractivity contribution in [3.8, 4) is 0 Å². The molecule has 0 unspecified atom stereocenters. The van der Waals surface area contributed by atoms with Gasteiger partial charge in [0.15, 0.2) is 5.79 Å². The predicted molar refractivity (Wildman–Crippen MR) is 69.0 cm³/mol. The Balaban J connectivity index is 1.62. The van der Waals surface area contributed by atoms with Gasteiger partial charge in [0.25, 0.3) is 0 Å². The van der Waals surface area contributed by atoms with Gasteiger partial charge in [-0.1, -0.05) is 18.2 Å². The maximum atomic E-state index is 5.39. The van der Waals surface area contributed by atoms with Crippen molar-refractivity contribution in [1.82, 2.24) is 10.2 Å². The van der Waals surface area contributed by atoms with Crippen molar-refractivity contribution in [2.45, 2.75) is 25.4 Å². The minimum atomic E-state index is -0.377. The van der Waals surface area contributed by atoms with Gasteiger partial charge in [-0.25, -0.2) is 0 Å². The van der Waals surface area contributed by atoms with Crippen LogP contribution in [0.2, 0.25) is 0 Å². The van der Waals surface area contributed by atoms with Gasteiger partial charge in [-0.2, -0.15) is 0 Å². The number of hydrogen-bond acceptors (Lipinski definition) is 4. The highest BCUT2D eigenvalue weighted by Crippen LogP contribution is 2.27. The summed E-state index contributed by atoms with van der Waals surface area (Å²) < 4.78 is 10.8. The number of fused-ring (bicyclic) bond motifs is 1. The predicted octanol–water partition coefficient (Wildman–Crippen LogP) is 1.09. The highest BCUT2D eigenvalue weighted by atomic mass is 16.7. The highest BCUT2D eigenvalue weighted by molar-refractivity contribution is 5.34. The fourth-order valence-electron chi connectivity index (χ4n) is 2.79. The van der Waals surface area contributed by atoms with Crippen molar-refractivity contribution < 1.29 is 9.47 Å². The van der Waals surface area contributed by atoms with E-state index in [1.807, 2.05) is 0 Å². The first-order chi connectivity index (χ1) is 8.74. The summed E-state index contributed by atoms with van der Waals surface area (Å²) in [6, 6.07) is 6.78. The smallest absolute Gasteiger partial charge is 0.193 e. The zero-order chi connectivity index (χ0) is 12.6. The van der Waals surface area contributed by atoms with Crippen molar-refractivity contribution in [3.63, 3.8) is 0 Å². The number of ether oxygens (including phenoxy) is 2. The molecule has 1 aromatic carbocycles. The molecule has 0 bridgehead atoms. The quantitative estimate of drug-likeness (QED) is 0.809. The maximum Gasteiger partial charge on any atom is 0.193 e. The third kappa shape index (κ3) is 2.06. The number of methoxy groups -OCH3 is 2. The molecule has 2 aliphatic rings. The fraction of sp³-hybridized carbons (Fsp3) is 0.571. The van der Waals surface area contributed by atoms with Gasteiger partial charge in [0.05, 0.1) is 13.1 Å². The monoisotopic (exact) mass is 248 g/mol. The standard InChI is InChI=1S/C14H20N2O2/c1-17-14(18-2)9-16(10-14)8-11-3-4-12-6-15-7-13(12)5-11/h3-5,15H,6-10H2,1-2H3. The first-order valence-electron chi connectivity index (χ1n) is 6.39. The first-order valence-corrected chi connectivity index (χ1v) is 6.39. The third-order valence-electron chi connectivity index (χ3n) is 3.98. The van der Waals surface area contributed by atoms with Crippen molar-refractivity contribution in [3.05, 3.63) is 34.9 Å². The van der Waals surface area contributed by atoms with Crippen LogP contribution in [0, 0.1) is 0 Å². The summed E-state index contributed by atoms with van der Waals surface area (Å²) in [5.74, 6) is -0.377. The summed E-state index contributed by atoms with van der Waals surface area (Å²) >= 11 is 0. The van der Waals surface area contributed by atoms with Crippen LogP contribution in [-0.4, -0.2) is 38.0 Å². The molecular formula is C14H20N2O2. The van der Waals surface area contributed by atoms with Crippen molar-refractivity contribution >= 4 is 0 Å². The molecule has 98 valence electrons. The molecule has 3 rings (SSSR count). The SMILES string of the molecule is COC1(OC)CN(Cc2ccc3c(c2)CNC3)C1. The van der Waals surface area contributed by atoms with Crippen LogP contribution < -0.4 is 5.32 Å². The Hall–Kier alpha value is -0.940. The lowest BCUT2D eigenvalue weighted by molar-refractivity contribution is -0.277. The van der Waals surface area contributed by atoms with Crippen LogP contribution >= 0.6 is 0 Å². The average molecular weight is 248 g/mol. The molecule has 4 nitrogen and oxygen atoms in total. The molecule has 4 heteroatoms. The van der Waals surface area contributed by atoms with E-state index in [0.29, 0.717) is 0 Å². The zero-order valence-corrected chi connectivity index (χ0v) is 11.0. The fourth-order valence-corrected chi connectivity index (χ4v) is 2.79. The maximum absolute atomic E-state index is 5.39. The summed E-state index contributed by atoms with van der Waals surface area (Å²) in [6.45, 7) is 4.67. The molecule has 0 amide bonds. The number of benzene rings is 1. The van der Waals surface area contributed by atoms with E-state index in [0.717, 1.165) is 32.7 Å². The van der Waals surface area contributed by atoms with Gasteiger partial charge >= 0.3 is 0 Å². The largest absolute Gasteiger partial charge is 0.351 e. The average Bonchev–Trinajstić information content (AvgIpc) is 2.80. The van der Waals surface area contributed by atoms with E-state index in [1.165, 1.54) is 16.7 Å². The summed E-state index contributed by atoms with van der Waals surface area (Å²) in [7, 11) is 3.42. The van der Waals surface area contributed by atoms with Crippen LogP contribution in [-0.2, 0) is 29.1 Å². The third-order valence-corrected chi connectivity index (χ3v) is 3.98. The Morgan fingerprint density at radius 3 is 2.61 bits per heavy atom. The molecule has 0 spiro atoms. The van der Waals surface area contributed by atoms with Crippen LogP contribution in [0.25, 0.3) is 0 Å². The minimum absolute atomic E-state index is 0.377. The lowest BCUT2D eigenvalue weighted by Crippen LogP contribution is -2.63. The Bertz CT molecular complexity index is 435. The summed E-state index contributed by atoms with van der Waals surface area (Å²) in [6.07, 6.45) is 0. The molecule has 2 heterocycles. The topological polar surface area (TPSA) is 33.7 Å². The molecule has 0 radical (unpaired) electrons. The second-order valence-corrected chi connectivity index (χ2v) is 5.17. The summed E-state index contributed by atoms with van der Waals surface area (Å²) in [5.41, 5.74) is 4.25. The Kier molecular flexibility index (Phi) is 3.11. The van der Waals surface area contributed by atoms with E-state index in [2.05, 4.69) is 28.4 Å². The number of rotatable bonds is 4. The van der Waals surface area contributed by atoms with Crippen LogP contribution in [0.5, 0.6) is 0 Å². The first kappa shape index (κ1) is 12.1. The number of nitrogens with one attached hydrogen (secondary N) is 1. The highest BCUT2D eigenvalue weighted by Gasteiger charge is 2.43. The molecule has 1 fully saturated rings. The number of nitrogens with zero attached hydrogens (tertiary/aromatic N) is 1. The Morgan fingerprint density at radius 1 is 1.17 bits per heavy atom. The minimum Gasteiger partial charge on any atom is -0.351 e. The van der Waals surface area contributed by atoms with E-state index < -0.39 is 0 Å². The molecule has 0 aliphatic carbocycles. The zero-order valence-electron chi connectivity index (χ0n) is 11.0. The second kappa shape index (κ2) is 4.63. The van der Waals surface area contributed by atoms with E-state index >= 15 is 0 Å². The van der Waals surface area contributed by atoms with Gasteiger partial charge in [0, 0.05) is 33.9 Å². The van der Waals surface area contributed by atoms with E-state index in [4.69, 9.17) is 9.47 Å². The van der Waals surface area contributed by atoms with Gasteiger partial charge < -0.3 is 14.8 Å². The van der Waals surface area contributed by atoms with E-state index in [9.17, 15) is 0 Å².